The van der Waals surface area contributed by atoms with E-state index in [9.17, 15) is 0 Å². The second kappa shape index (κ2) is 5.94. The molecule has 0 saturated carbocycles. The molecule has 0 amide bonds. The van der Waals surface area contributed by atoms with Gasteiger partial charge in [0.2, 0.25) is 0 Å². The van der Waals surface area contributed by atoms with Gasteiger partial charge in [-0.05, 0) is 36.9 Å². The number of benzene rings is 1. The first kappa shape index (κ1) is 13.6. The average molecular weight is 273 g/mol. The molecular weight excluding hydrogens is 250 g/mol. The molecule has 2 aliphatic heterocycles. The van der Waals surface area contributed by atoms with Gasteiger partial charge in [-0.15, -0.1) is 0 Å². The van der Waals surface area contributed by atoms with E-state index >= 15 is 0 Å². The summed E-state index contributed by atoms with van der Waals surface area (Å²) in [5.41, 5.74) is 8.42. The zero-order chi connectivity index (χ0) is 13.9. The standard InChI is InChI=1S/C16H23N3O/c17-16(18)13-5-3-8-19(10-13)11-15-14-6-2-1-4-12(14)7-9-20-15/h1-2,4,6,13,15H,3,5,7-11H2,(H3,17,18). The number of likely N-dealkylation sites (tertiary alicyclic amines) is 1. The summed E-state index contributed by atoms with van der Waals surface area (Å²) in [7, 11) is 0. The van der Waals surface area contributed by atoms with Gasteiger partial charge in [0, 0.05) is 19.0 Å². The number of nitrogens with one attached hydrogen (secondary N) is 1. The number of amidine groups is 1. The number of rotatable bonds is 3. The van der Waals surface area contributed by atoms with E-state index in [1.54, 1.807) is 0 Å². The molecule has 0 radical (unpaired) electrons. The Labute approximate surface area is 120 Å². The second-order valence-corrected chi connectivity index (χ2v) is 5.86. The summed E-state index contributed by atoms with van der Waals surface area (Å²) in [4.78, 5) is 2.41. The Kier molecular flexibility index (Phi) is 4.03. The van der Waals surface area contributed by atoms with E-state index in [0.29, 0.717) is 5.84 Å². The van der Waals surface area contributed by atoms with Crippen LogP contribution < -0.4 is 5.73 Å². The highest BCUT2D eigenvalue weighted by atomic mass is 16.5. The number of hydrogen-bond acceptors (Lipinski definition) is 3. The number of ether oxygens (including phenoxy) is 1. The Hall–Kier alpha value is -1.39. The van der Waals surface area contributed by atoms with Crippen molar-refractivity contribution in [3.63, 3.8) is 0 Å². The van der Waals surface area contributed by atoms with Crippen molar-refractivity contribution in [3.05, 3.63) is 35.4 Å². The minimum atomic E-state index is 0.172. The molecular formula is C16H23N3O. The van der Waals surface area contributed by atoms with Crippen molar-refractivity contribution in [1.29, 1.82) is 5.41 Å². The monoisotopic (exact) mass is 273 g/mol. The first-order valence-electron chi connectivity index (χ1n) is 7.49. The molecule has 108 valence electrons. The van der Waals surface area contributed by atoms with Crippen LogP contribution in [0.1, 0.15) is 30.1 Å². The van der Waals surface area contributed by atoms with Crippen LogP contribution in [0.3, 0.4) is 0 Å². The molecule has 2 aliphatic rings. The van der Waals surface area contributed by atoms with Gasteiger partial charge in [0.15, 0.2) is 0 Å². The van der Waals surface area contributed by atoms with Crippen LogP contribution in [0.15, 0.2) is 24.3 Å². The highest BCUT2D eigenvalue weighted by molar-refractivity contribution is 5.79. The molecule has 2 atom stereocenters. The molecule has 0 aliphatic carbocycles. The van der Waals surface area contributed by atoms with Crippen molar-refractivity contribution in [1.82, 2.24) is 4.90 Å². The number of nitrogens with two attached hydrogens (primary N) is 1. The molecule has 1 aromatic rings. The van der Waals surface area contributed by atoms with Crippen LogP contribution in [-0.4, -0.2) is 37.0 Å². The maximum atomic E-state index is 7.64. The maximum Gasteiger partial charge on any atom is 0.0954 e. The van der Waals surface area contributed by atoms with Crippen molar-refractivity contribution >= 4 is 5.84 Å². The van der Waals surface area contributed by atoms with Gasteiger partial charge in [-0.1, -0.05) is 24.3 Å². The van der Waals surface area contributed by atoms with Gasteiger partial charge in [-0.3, -0.25) is 10.3 Å². The van der Waals surface area contributed by atoms with E-state index in [1.165, 1.54) is 11.1 Å². The fourth-order valence-electron chi connectivity index (χ4n) is 3.34. The number of fused-ring (bicyclic) bond motifs is 1. The normalized spacial score (nSPS) is 27.0. The molecule has 3 rings (SSSR count). The first-order chi connectivity index (χ1) is 9.74. The van der Waals surface area contributed by atoms with Crippen molar-refractivity contribution in [3.8, 4) is 0 Å². The molecule has 0 aromatic heterocycles. The second-order valence-electron chi connectivity index (χ2n) is 5.86. The van der Waals surface area contributed by atoms with Crippen LogP contribution in [0.25, 0.3) is 0 Å². The highest BCUT2D eigenvalue weighted by Crippen LogP contribution is 2.29. The highest BCUT2D eigenvalue weighted by Gasteiger charge is 2.27. The summed E-state index contributed by atoms with van der Waals surface area (Å²) in [5, 5.41) is 7.64. The number of nitrogens with zero attached hydrogens (tertiary/aromatic N) is 1. The summed E-state index contributed by atoms with van der Waals surface area (Å²) in [6, 6.07) is 8.59. The lowest BCUT2D eigenvalue weighted by molar-refractivity contribution is 0.00967. The molecule has 1 fully saturated rings. The minimum Gasteiger partial charge on any atom is -0.387 e. The lowest BCUT2D eigenvalue weighted by Gasteiger charge is -2.36. The van der Waals surface area contributed by atoms with Crippen LogP contribution in [0, 0.1) is 11.3 Å². The van der Waals surface area contributed by atoms with E-state index in [2.05, 4.69) is 29.2 Å². The van der Waals surface area contributed by atoms with E-state index < -0.39 is 0 Å². The molecule has 4 nitrogen and oxygen atoms in total. The smallest absolute Gasteiger partial charge is 0.0954 e. The Morgan fingerprint density at radius 2 is 2.25 bits per heavy atom. The lowest BCUT2D eigenvalue weighted by Crippen LogP contribution is -2.43. The van der Waals surface area contributed by atoms with Crippen molar-refractivity contribution in [2.45, 2.75) is 25.4 Å². The molecule has 2 heterocycles. The summed E-state index contributed by atoms with van der Waals surface area (Å²) in [6.45, 7) is 3.72. The number of piperidine rings is 1. The quantitative estimate of drug-likeness (QED) is 0.653. The summed E-state index contributed by atoms with van der Waals surface area (Å²) < 4.78 is 5.98. The van der Waals surface area contributed by atoms with Gasteiger partial charge < -0.3 is 10.5 Å². The van der Waals surface area contributed by atoms with Gasteiger partial charge >= 0.3 is 0 Å². The van der Waals surface area contributed by atoms with Crippen LogP contribution in [-0.2, 0) is 11.2 Å². The SMILES string of the molecule is N=C(N)C1CCCN(CC2OCCc3ccccc32)C1. The molecule has 0 bridgehead atoms. The van der Waals surface area contributed by atoms with Gasteiger partial charge in [0.05, 0.1) is 18.5 Å². The van der Waals surface area contributed by atoms with Crippen LogP contribution in [0.4, 0.5) is 0 Å². The maximum absolute atomic E-state index is 7.64. The minimum absolute atomic E-state index is 0.172. The van der Waals surface area contributed by atoms with E-state index in [1.807, 2.05) is 0 Å². The summed E-state index contributed by atoms with van der Waals surface area (Å²) >= 11 is 0. The van der Waals surface area contributed by atoms with Gasteiger partial charge in [-0.25, -0.2) is 0 Å². The average Bonchev–Trinajstić information content (AvgIpc) is 2.48. The van der Waals surface area contributed by atoms with Gasteiger partial charge in [-0.2, -0.15) is 0 Å². The molecule has 2 unspecified atom stereocenters. The topological polar surface area (TPSA) is 62.3 Å². The molecule has 3 N–H and O–H groups in total. The molecule has 0 spiro atoms. The predicted octanol–water partition coefficient (Wildman–Crippen LogP) is 1.95. The Bertz CT molecular complexity index is 488. The fraction of sp³-hybridized carbons (Fsp3) is 0.562. The number of hydrogen-bond donors (Lipinski definition) is 2. The third-order valence-corrected chi connectivity index (χ3v) is 4.46. The molecule has 20 heavy (non-hydrogen) atoms. The van der Waals surface area contributed by atoms with E-state index in [4.69, 9.17) is 15.9 Å². The van der Waals surface area contributed by atoms with Gasteiger partial charge in [0.25, 0.3) is 0 Å². The molecule has 1 saturated heterocycles. The largest absolute Gasteiger partial charge is 0.387 e. The van der Waals surface area contributed by atoms with Crippen LogP contribution in [0.2, 0.25) is 0 Å². The molecule has 4 heteroatoms. The van der Waals surface area contributed by atoms with Gasteiger partial charge in [0.1, 0.15) is 0 Å². The predicted molar refractivity (Wildman–Crippen MR) is 79.9 cm³/mol. The third-order valence-electron chi connectivity index (χ3n) is 4.46. The fourth-order valence-corrected chi connectivity index (χ4v) is 3.34. The van der Waals surface area contributed by atoms with E-state index in [0.717, 1.165) is 45.5 Å². The van der Waals surface area contributed by atoms with Crippen LogP contribution >= 0.6 is 0 Å². The Morgan fingerprint density at radius 3 is 3.10 bits per heavy atom. The zero-order valence-electron chi connectivity index (χ0n) is 11.8. The molecule has 1 aromatic carbocycles. The lowest BCUT2D eigenvalue weighted by atomic mass is 9.94. The van der Waals surface area contributed by atoms with Crippen molar-refractivity contribution < 1.29 is 4.74 Å². The van der Waals surface area contributed by atoms with Crippen molar-refractivity contribution in [2.75, 3.05) is 26.2 Å². The third kappa shape index (κ3) is 2.86. The van der Waals surface area contributed by atoms with Crippen LogP contribution in [0.5, 0.6) is 0 Å². The summed E-state index contributed by atoms with van der Waals surface area (Å²) in [6.07, 6.45) is 3.36. The zero-order valence-corrected chi connectivity index (χ0v) is 11.8. The summed E-state index contributed by atoms with van der Waals surface area (Å²) in [5.74, 6) is 0.558. The first-order valence-corrected chi connectivity index (χ1v) is 7.49. The van der Waals surface area contributed by atoms with Crippen molar-refractivity contribution in [2.24, 2.45) is 11.7 Å². The van der Waals surface area contributed by atoms with E-state index in [-0.39, 0.29) is 12.0 Å². The Morgan fingerprint density at radius 1 is 1.40 bits per heavy atom. The Balaban J connectivity index is 1.68.